The minimum atomic E-state index is -2.94. The Labute approximate surface area is 191 Å². The van der Waals surface area contributed by atoms with Crippen LogP contribution < -0.4 is 0 Å². The van der Waals surface area contributed by atoms with Crippen LogP contribution in [0.4, 0.5) is 8.78 Å². The summed E-state index contributed by atoms with van der Waals surface area (Å²) in [6.45, 7) is 6.97. The number of carbonyl (C=O) groups excluding carboxylic acids is 1. The molecule has 0 radical (unpaired) electrons. The van der Waals surface area contributed by atoms with Crippen LogP contribution in [-0.2, 0) is 20.8 Å². The maximum absolute atomic E-state index is 13.9. The topological polar surface area (TPSA) is 38.8 Å². The summed E-state index contributed by atoms with van der Waals surface area (Å²) in [5.74, 6) is -3.28. The molecule has 0 fully saturated rings. The number of benzene rings is 2. The van der Waals surface area contributed by atoms with Crippen LogP contribution in [0.15, 0.2) is 60.7 Å². The van der Waals surface area contributed by atoms with Gasteiger partial charge in [0.05, 0.1) is 6.54 Å². The van der Waals surface area contributed by atoms with E-state index in [0.29, 0.717) is 13.0 Å². The lowest BCUT2D eigenvalue weighted by Crippen LogP contribution is -2.37. The quantitative estimate of drug-likeness (QED) is 0.335. The molecule has 0 amide bonds. The second-order valence-electron chi connectivity index (χ2n) is 8.91. The van der Waals surface area contributed by atoms with E-state index in [0.717, 1.165) is 5.56 Å². The highest BCUT2D eigenvalue weighted by atomic mass is 19.3. The van der Waals surface area contributed by atoms with Gasteiger partial charge in [0.1, 0.15) is 12.2 Å². The van der Waals surface area contributed by atoms with Crippen molar-refractivity contribution in [1.29, 1.82) is 0 Å². The summed E-state index contributed by atoms with van der Waals surface area (Å²) in [6.07, 6.45) is 0.529. The molecule has 0 aromatic heterocycles. The van der Waals surface area contributed by atoms with Crippen LogP contribution in [0.2, 0.25) is 0 Å². The maximum atomic E-state index is 13.9. The lowest BCUT2D eigenvalue weighted by atomic mass is 10.2. The minimum Gasteiger partial charge on any atom is -0.460 e. The van der Waals surface area contributed by atoms with Crippen LogP contribution >= 0.6 is 0 Å². The molecule has 0 saturated carbocycles. The van der Waals surface area contributed by atoms with Crippen LogP contribution in [0.25, 0.3) is 0 Å². The predicted octanol–water partition coefficient (Wildman–Crippen LogP) is 5.89. The highest BCUT2D eigenvalue weighted by Crippen LogP contribution is 2.17. The number of hydrogen-bond donors (Lipinski definition) is 0. The highest BCUT2D eigenvalue weighted by molar-refractivity contribution is 5.69. The molecule has 32 heavy (non-hydrogen) atoms. The average molecular weight is 450 g/mol. The van der Waals surface area contributed by atoms with Crippen molar-refractivity contribution in [3.05, 3.63) is 71.8 Å². The summed E-state index contributed by atoms with van der Waals surface area (Å²) < 4.78 is 38.0. The fourth-order valence-electron chi connectivity index (χ4n) is 2.86. The Bertz CT molecular complexity index is 762. The van der Waals surface area contributed by atoms with E-state index in [2.05, 4.69) is 19.1 Å². The molecule has 0 N–H and O–H groups in total. The molecule has 178 valence electrons. The highest BCUT2D eigenvalue weighted by Gasteiger charge is 2.31. The number of alkyl halides is 2. The van der Waals surface area contributed by atoms with Gasteiger partial charge < -0.3 is 9.47 Å². The van der Waals surface area contributed by atoms with Crippen molar-refractivity contribution in [2.75, 3.05) is 26.8 Å². The Hall–Kier alpha value is -2.31. The summed E-state index contributed by atoms with van der Waals surface area (Å²) in [5, 5.41) is 0. The van der Waals surface area contributed by atoms with Gasteiger partial charge in [0.15, 0.2) is 0 Å². The Morgan fingerprint density at radius 3 is 2.03 bits per heavy atom. The monoisotopic (exact) mass is 449 g/mol. The zero-order valence-electron chi connectivity index (χ0n) is 19.9. The second kappa shape index (κ2) is 14.0. The molecule has 0 aliphatic heterocycles. The number of rotatable bonds is 10. The third kappa shape index (κ3) is 14.7. The van der Waals surface area contributed by atoms with Gasteiger partial charge in [-0.05, 0) is 46.7 Å². The van der Waals surface area contributed by atoms with Crippen LogP contribution in [-0.4, -0.2) is 49.2 Å². The van der Waals surface area contributed by atoms with Gasteiger partial charge in [-0.25, -0.2) is 8.78 Å². The number of esters is 1. The van der Waals surface area contributed by atoms with E-state index in [1.165, 1.54) is 5.56 Å². The molecule has 0 bridgehead atoms. The molecule has 6 heteroatoms. The molecule has 2 aromatic rings. The normalized spacial score (nSPS) is 11.6. The average Bonchev–Trinajstić information content (AvgIpc) is 2.67. The van der Waals surface area contributed by atoms with Gasteiger partial charge in [-0.2, -0.15) is 0 Å². The zero-order chi connectivity index (χ0) is 24.0. The van der Waals surface area contributed by atoms with Gasteiger partial charge in [-0.1, -0.05) is 66.2 Å². The predicted molar refractivity (Wildman–Crippen MR) is 125 cm³/mol. The lowest BCUT2D eigenvalue weighted by Gasteiger charge is -2.24. The number of halogens is 2. The van der Waals surface area contributed by atoms with Crippen molar-refractivity contribution in [3.8, 4) is 0 Å². The van der Waals surface area contributed by atoms with Crippen molar-refractivity contribution in [3.63, 3.8) is 0 Å². The third-order valence-electron chi connectivity index (χ3n) is 4.14. The van der Waals surface area contributed by atoms with E-state index in [1.807, 2.05) is 48.5 Å². The molecule has 0 aliphatic carbocycles. The number of aryl methyl sites for hydroxylation is 1. The fourth-order valence-corrected chi connectivity index (χ4v) is 2.86. The molecule has 2 rings (SSSR count). The van der Waals surface area contributed by atoms with E-state index in [9.17, 15) is 13.6 Å². The Morgan fingerprint density at radius 2 is 1.53 bits per heavy atom. The summed E-state index contributed by atoms with van der Waals surface area (Å²) >= 11 is 0. The van der Waals surface area contributed by atoms with Crippen molar-refractivity contribution >= 4 is 5.97 Å². The second-order valence-corrected chi connectivity index (χ2v) is 8.91. The van der Waals surface area contributed by atoms with Crippen molar-refractivity contribution in [2.24, 2.45) is 0 Å². The van der Waals surface area contributed by atoms with Gasteiger partial charge >= 0.3 is 5.97 Å². The fraction of sp³-hybridized carbons (Fsp3) is 0.500. The van der Waals surface area contributed by atoms with Gasteiger partial charge in [0, 0.05) is 19.6 Å². The Balaban J connectivity index is 0.000000616. The van der Waals surface area contributed by atoms with Crippen molar-refractivity contribution < 1.29 is 23.0 Å². The molecule has 0 atom stereocenters. The van der Waals surface area contributed by atoms with Crippen LogP contribution in [0.1, 0.15) is 44.7 Å². The first kappa shape index (κ1) is 27.7. The first-order valence-corrected chi connectivity index (χ1v) is 10.9. The standard InChI is InChI=1S/C19H29F2NO3.C7H8/c1-18(2,3)25-17(23)11-8-12-24-15-19(20,21)14-22(4)13-16-9-6-5-7-10-16;1-7-5-3-2-4-6-7/h5-7,9-10H,8,11-15H2,1-4H3;2-6H,1H3. The molecule has 0 unspecified atom stereocenters. The summed E-state index contributed by atoms with van der Waals surface area (Å²) in [7, 11) is 1.66. The summed E-state index contributed by atoms with van der Waals surface area (Å²) in [6, 6.07) is 19.7. The zero-order valence-corrected chi connectivity index (χ0v) is 19.9. The van der Waals surface area contributed by atoms with Gasteiger partial charge in [0.25, 0.3) is 5.92 Å². The van der Waals surface area contributed by atoms with Crippen LogP contribution in [0.5, 0.6) is 0 Å². The maximum Gasteiger partial charge on any atom is 0.306 e. The first-order chi connectivity index (χ1) is 15.0. The molecular formula is C26H37F2NO3. The number of ether oxygens (including phenoxy) is 2. The first-order valence-electron chi connectivity index (χ1n) is 10.9. The largest absolute Gasteiger partial charge is 0.460 e. The molecule has 4 nitrogen and oxygen atoms in total. The Morgan fingerprint density at radius 1 is 0.969 bits per heavy atom. The minimum absolute atomic E-state index is 0.108. The van der Waals surface area contributed by atoms with E-state index in [1.54, 1.807) is 32.7 Å². The van der Waals surface area contributed by atoms with Crippen molar-refractivity contribution in [2.45, 2.75) is 58.6 Å². The third-order valence-corrected chi connectivity index (χ3v) is 4.14. The Kier molecular flexibility index (Phi) is 12.1. The van der Waals surface area contributed by atoms with E-state index in [-0.39, 0.29) is 25.5 Å². The van der Waals surface area contributed by atoms with Crippen LogP contribution in [0.3, 0.4) is 0 Å². The molecule has 0 heterocycles. The van der Waals surface area contributed by atoms with E-state index < -0.39 is 18.1 Å². The smallest absolute Gasteiger partial charge is 0.306 e. The summed E-state index contributed by atoms with van der Waals surface area (Å²) in [4.78, 5) is 13.1. The number of nitrogens with zero attached hydrogens (tertiary/aromatic N) is 1. The lowest BCUT2D eigenvalue weighted by molar-refractivity contribution is -0.155. The number of carbonyl (C=O) groups is 1. The van der Waals surface area contributed by atoms with Gasteiger partial charge in [0.2, 0.25) is 0 Å². The SMILES string of the molecule is CN(Cc1ccccc1)CC(F)(F)COCCCC(=O)OC(C)(C)C.Cc1ccccc1. The molecule has 0 aliphatic rings. The molecule has 0 saturated heterocycles. The van der Waals surface area contributed by atoms with E-state index >= 15 is 0 Å². The van der Waals surface area contributed by atoms with Gasteiger partial charge in [-0.3, -0.25) is 9.69 Å². The van der Waals surface area contributed by atoms with E-state index in [4.69, 9.17) is 9.47 Å². The summed E-state index contributed by atoms with van der Waals surface area (Å²) in [5.41, 5.74) is 1.77. The molecular weight excluding hydrogens is 412 g/mol. The van der Waals surface area contributed by atoms with Gasteiger partial charge in [-0.15, -0.1) is 0 Å². The van der Waals surface area contributed by atoms with Crippen LogP contribution in [0, 0.1) is 6.92 Å². The molecule has 2 aromatic carbocycles. The number of hydrogen-bond acceptors (Lipinski definition) is 4. The van der Waals surface area contributed by atoms with Crippen molar-refractivity contribution in [1.82, 2.24) is 4.90 Å². The molecule has 0 spiro atoms.